The van der Waals surface area contributed by atoms with Crippen molar-refractivity contribution in [1.82, 2.24) is 5.32 Å². The Labute approximate surface area is 148 Å². The van der Waals surface area contributed by atoms with Gasteiger partial charge in [-0.2, -0.15) is 0 Å². The Balaban J connectivity index is 1.98. The van der Waals surface area contributed by atoms with Gasteiger partial charge in [-0.1, -0.05) is 43.7 Å². The van der Waals surface area contributed by atoms with E-state index in [4.69, 9.17) is 9.47 Å². The zero-order valence-corrected chi connectivity index (χ0v) is 14.5. The van der Waals surface area contributed by atoms with Crippen LogP contribution in [0.5, 0.6) is 11.5 Å². The average molecular weight is 341 g/mol. The normalized spacial score (nSPS) is 11.4. The molecule has 1 N–H and O–H groups in total. The Hall–Kier alpha value is -2.82. The molecule has 2 rings (SSSR count). The van der Waals surface area contributed by atoms with E-state index in [0.717, 1.165) is 17.7 Å². The highest BCUT2D eigenvalue weighted by Gasteiger charge is 2.20. The molecule has 1 atom stereocenters. The number of ether oxygens (including phenoxy) is 2. The Bertz CT molecular complexity index is 700. The number of hydrogen-bond acceptors (Lipinski definition) is 4. The second-order valence-corrected chi connectivity index (χ2v) is 5.67. The van der Waals surface area contributed by atoms with Crippen molar-refractivity contribution in [3.63, 3.8) is 0 Å². The zero-order valence-electron chi connectivity index (χ0n) is 14.5. The molecule has 0 heterocycles. The van der Waals surface area contributed by atoms with Crippen molar-refractivity contribution in [2.45, 2.75) is 32.2 Å². The SMILES string of the molecule is CCC[C@H](NC(=O)Cc1cccc(Oc2ccccc2)c1)C(=O)OC. The fraction of sp³-hybridized carbons (Fsp3) is 0.300. The standard InChI is InChI=1S/C20H23NO4/c1-3-8-18(20(23)24-2)21-19(22)14-15-9-7-12-17(13-15)25-16-10-5-4-6-11-16/h4-7,9-13,18H,3,8,14H2,1-2H3,(H,21,22)/t18-/m0/s1. The number of hydrogen-bond donors (Lipinski definition) is 1. The van der Waals surface area contributed by atoms with Crippen molar-refractivity contribution in [3.8, 4) is 11.5 Å². The summed E-state index contributed by atoms with van der Waals surface area (Å²) in [6, 6.07) is 16.2. The lowest BCUT2D eigenvalue weighted by atomic mass is 10.1. The second kappa shape index (κ2) is 9.47. The van der Waals surface area contributed by atoms with Crippen LogP contribution in [0.4, 0.5) is 0 Å². The summed E-state index contributed by atoms with van der Waals surface area (Å²) in [6.45, 7) is 1.95. The van der Waals surface area contributed by atoms with Gasteiger partial charge in [0.25, 0.3) is 0 Å². The van der Waals surface area contributed by atoms with Crippen LogP contribution in [-0.2, 0) is 20.7 Å². The summed E-state index contributed by atoms with van der Waals surface area (Å²) in [7, 11) is 1.32. The lowest BCUT2D eigenvalue weighted by molar-refractivity contribution is -0.145. The Morgan fingerprint density at radius 2 is 1.76 bits per heavy atom. The third-order valence-electron chi connectivity index (χ3n) is 3.64. The highest BCUT2D eigenvalue weighted by Crippen LogP contribution is 2.22. The van der Waals surface area contributed by atoms with Crippen LogP contribution in [-0.4, -0.2) is 25.0 Å². The summed E-state index contributed by atoms with van der Waals surface area (Å²) >= 11 is 0. The minimum Gasteiger partial charge on any atom is -0.467 e. The lowest BCUT2D eigenvalue weighted by Gasteiger charge is -2.15. The first-order valence-corrected chi connectivity index (χ1v) is 8.31. The molecule has 132 valence electrons. The number of benzene rings is 2. The van der Waals surface area contributed by atoms with Crippen molar-refractivity contribution in [1.29, 1.82) is 0 Å². The van der Waals surface area contributed by atoms with Gasteiger partial charge < -0.3 is 14.8 Å². The molecule has 0 spiro atoms. The molecule has 5 heteroatoms. The molecule has 0 saturated heterocycles. The molecule has 0 unspecified atom stereocenters. The molecule has 1 amide bonds. The van der Waals surface area contributed by atoms with Crippen molar-refractivity contribution in [2.75, 3.05) is 7.11 Å². The number of carbonyl (C=O) groups is 2. The highest BCUT2D eigenvalue weighted by molar-refractivity contribution is 5.85. The van der Waals surface area contributed by atoms with Gasteiger partial charge in [0.1, 0.15) is 17.5 Å². The van der Waals surface area contributed by atoms with Gasteiger partial charge in [0.05, 0.1) is 13.5 Å². The summed E-state index contributed by atoms with van der Waals surface area (Å²) in [4.78, 5) is 23.9. The summed E-state index contributed by atoms with van der Waals surface area (Å²) in [5.74, 6) is 0.754. The van der Waals surface area contributed by atoms with E-state index in [2.05, 4.69) is 5.32 Å². The predicted molar refractivity (Wildman–Crippen MR) is 95.5 cm³/mol. The van der Waals surface area contributed by atoms with Crippen molar-refractivity contribution in [3.05, 3.63) is 60.2 Å². The monoisotopic (exact) mass is 341 g/mol. The van der Waals surface area contributed by atoms with E-state index in [0.29, 0.717) is 12.2 Å². The van der Waals surface area contributed by atoms with Gasteiger partial charge in [-0.3, -0.25) is 4.79 Å². The Morgan fingerprint density at radius 1 is 1.04 bits per heavy atom. The number of rotatable bonds is 8. The molecular formula is C20H23NO4. The van der Waals surface area contributed by atoms with Gasteiger partial charge in [-0.15, -0.1) is 0 Å². The fourth-order valence-corrected chi connectivity index (χ4v) is 2.45. The van der Waals surface area contributed by atoms with E-state index >= 15 is 0 Å². The molecule has 0 aliphatic rings. The Kier molecular flexibility index (Phi) is 7.01. The minimum absolute atomic E-state index is 0.170. The first kappa shape index (κ1) is 18.5. The number of methoxy groups -OCH3 is 1. The minimum atomic E-state index is -0.605. The molecular weight excluding hydrogens is 318 g/mol. The number of esters is 1. The molecule has 0 aliphatic heterocycles. The van der Waals surface area contributed by atoms with Crippen molar-refractivity contribution < 1.29 is 19.1 Å². The summed E-state index contributed by atoms with van der Waals surface area (Å²) < 4.78 is 10.5. The summed E-state index contributed by atoms with van der Waals surface area (Å²) in [5.41, 5.74) is 0.811. The smallest absolute Gasteiger partial charge is 0.328 e. The van der Waals surface area contributed by atoms with Crippen LogP contribution in [0, 0.1) is 0 Å². The third-order valence-corrected chi connectivity index (χ3v) is 3.64. The van der Waals surface area contributed by atoms with Gasteiger partial charge in [0.2, 0.25) is 5.91 Å². The molecule has 0 bridgehead atoms. The van der Waals surface area contributed by atoms with Crippen molar-refractivity contribution >= 4 is 11.9 Å². The molecule has 5 nitrogen and oxygen atoms in total. The predicted octanol–water partition coefficient (Wildman–Crippen LogP) is 3.48. The molecule has 0 aromatic heterocycles. The van der Waals surface area contributed by atoms with Crippen LogP contribution < -0.4 is 10.1 Å². The van der Waals surface area contributed by atoms with Crippen LogP contribution >= 0.6 is 0 Å². The maximum Gasteiger partial charge on any atom is 0.328 e. The van der Waals surface area contributed by atoms with Crippen molar-refractivity contribution in [2.24, 2.45) is 0 Å². The van der Waals surface area contributed by atoms with Crippen LogP contribution in [0.15, 0.2) is 54.6 Å². The highest BCUT2D eigenvalue weighted by atomic mass is 16.5. The first-order chi connectivity index (χ1) is 12.1. The average Bonchev–Trinajstić information content (AvgIpc) is 2.62. The summed E-state index contributed by atoms with van der Waals surface area (Å²) in [5, 5.41) is 2.73. The quantitative estimate of drug-likeness (QED) is 0.747. The molecule has 0 aliphatic carbocycles. The largest absolute Gasteiger partial charge is 0.467 e. The van der Waals surface area contributed by atoms with Gasteiger partial charge in [-0.05, 0) is 36.2 Å². The van der Waals surface area contributed by atoms with Crippen LogP contribution in [0.1, 0.15) is 25.3 Å². The van der Waals surface area contributed by atoms with E-state index in [1.54, 1.807) is 0 Å². The summed E-state index contributed by atoms with van der Waals surface area (Å²) in [6.07, 6.45) is 1.50. The van der Waals surface area contributed by atoms with Gasteiger partial charge in [-0.25, -0.2) is 4.79 Å². The van der Waals surface area contributed by atoms with Crippen LogP contribution in [0.3, 0.4) is 0 Å². The number of carbonyl (C=O) groups excluding carboxylic acids is 2. The maximum atomic E-state index is 12.2. The first-order valence-electron chi connectivity index (χ1n) is 8.31. The van der Waals surface area contributed by atoms with E-state index in [-0.39, 0.29) is 12.3 Å². The van der Waals surface area contributed by atoms with E-state index in [9.17, 15) is 9.59 Å². The molecule has 2 aromatic carbocycles. The molecule has 0 saturated carbocycles. The Morgan fingerprint density at radius 3 is 2.44 bits per heavy atom. The zero-order chi connectivity index (χ0) is 18.1. The van der Waals surface area contributed by atoms with Crippen LogP contribution in [0.2, 0.25) is 0 Å². The van der Waals surface area contributed by atoms with Gasteiger partial charge in [0, 0.05) is 0 Å². The second-order valence-electron chi connectivity index (χ2n) is 5.67. The van der Waals surface area contributed by atoms with Gasteiger partial charge >= 0.3 is 5.97 Å². The molecule has 2 aromatic rings. The fourth-order valence-electron chi connectivity index (χ4n) is 2.45. The third kappa shape index (κ3) is 5.95. The van der Waals surface area contributed by atoms with E-state index < -0.39 is 12.0 Å². The van der Waals surface area contributed by atoms with Gasteiger partial charge in [0.15, 0.2) is 0 Å². The number of amides is 1. The number of nitrogens with one attached hydrogen (secondary N) is 1. The van der Waals surface area contributed by atoms with E-state index in [1.807, 2.05) is 61.5 Å². The number of para-hydroxylation sites is 1. The lowest BCUT2D eigenvalue weighted by Crippen LogP contribution is -2.42. The topological polar surface area (TPSA) is 64.6 Å². The maximum absolute atomic E-state index is 12.2. The molecule has 0 radical (unpaired) electrons. The van der Waals surface area contributed by atoms with E-state index in [1.165, 1.54) is 7.11 Å². The molecule has 0 fully saturated rings. The van der Waals surface area contributed by atoms with Crippen LogP contribution in [0.25, 0.3) is 0 Å². The molecule has 25 heavy (non-hydrogen) atoms.